The van der Waals surface area contributed by atoms with E-state index < -0.39 is 0 Å². The Bertz CT molecular complexity index is 931. The van der Waals surface area contributed by atoms with Gasteiger partial charge in [-0.1, -0.05) is 89.3 Å². The molecule has 1 N–H and O–H groups in total. The standard InChI is InChI=1S/C23H20INO2S/c24-16-18(15-21-22(26)25-23(27)28-21)8-4-1-3-7-17-11-13-20(14-12-17)19-9-5-2-6-10-19/h2,4-6,8-16H,1,3,7H2,(H,25,26,27)/b8-4-,18-16+,21-15-. The fraction of sp³-hybridized carbons (Fsp3) is 0.130. The fourth-order valence-electron chi connectivity index (χ4n) is 2.83. The zero-order valence-corrected chi connectivity index (χ0v) is 18.2. The molecule has 0 unspecified atom stereocenters. The van der Waals surface area contributed by atoms with Crippen LogP contribution in [0, 0.1) is 0 Å². The molecule has 5 heteroatoms. The summed E-state index contributed by atoms with van der Waals surface area (Å²) in [6.07, 6.45) is 8.89. The van der Waals surface area contributed by atoms with E-state index in [9.17, 15) is 9.59 Å². The zero-order chi connectivity index (χ0) is 19.8. The summed E-state index contributed by atoms with van der Waals surface area (Å²) in [4.78, 5) is 23.3. The van der Waals surface area contributed by atoms with Gasteiger partial charge in [-0.3, -0.25) is 14.9 Å². The van der Waals surface area contributed by atoms with Crippen LogP contribution < -0.4 is 5.32 Å². The molecular formula is C23H20INO2S. The van der Waals surface area contributed by atoms with E-state index in [1.807, 2.05) is 16.2 Å². The van der Waals surface area contributed by atoms with Crippen LogP contribution in [0.2, 0.25) is 0 Å². The minimum Gasteiger partial charge on any atom is -0.282 e. The number of halogens is 1. The molecule has 142 valence electrons. The Morgan fingerprint density at radius 3 is 2.36 bits per heavy atom. The van der Waals surface area contributed by atoms with Crippen LogP contribution in [0.25, 0.3) is 11.1 Å². The molecule has 1 saturated heterocycles. The number of carbonyl (C=O) groups excluding carboxylic acids is 2. The minimum absolute atomic E-state index is 0.314. The van der Waals surface area contributed by atoms with E-state index in [1.165, 1.54) is 16.7 Å². The maximum Gasteiger partial charge on any atom is 0.290 e. The Morgan fingerprint density at radius 2 is 1.71 bits per heavy atom. The lowest BCUT2D eigenvalue weighted by atomic mass is 10.0. The van der Waals surface area contributed by atoms with Gasteiger partial charge in [0.2, 0.25) is 0 Å². The van der Waals surface area contributed by atoms with Crippen molar-refractivity contribution in [3.63, 3.8) is 0 Å². The second-order valence-electron chi connectivity index (χ2n) is 6.32. The number of hydrogen-bond donors (Lipinski definition) is 1. The summed E-state index contributed by atoms with van der Waals surface area (Å²) in [5.74, 6) is -0.321. The van der Waals surface area contributed by atoms with Crippen molar-refractivity contribution >= 4 is 45.5 Å². The van der Waals surface area contributed by atoms with Gasteiger partial charge in [-0.15, -0.1) is 0 Å². The summed E-state index contributed by atoms with van der Waals surface area (Å²) in [5.41, 5.74) is 4.72. The third-order valence-corrected chi connectivity index (χ3v) is 5.80. The SMILES string of the molecule is O=C1NC(=O)/C(=C/C(/C=C\CCCc2ccc(-c3ccccc3)cc2)=C/I)S1. The number of nitrogens with one attached hydrogen (secondary N) is 1. The molecule has 2 aromatic carbocycles. The smallest absolute Gasteiger partial charge is 0.282 e. The summed E-state index contributed by atoms with van der Waals surface area (Å²) >= 11 is 3.08. The average Bonchev–Trinajstić information content (AvgIpc) is 3.04. The summed E-state index contributed by atoms with van der Waals surface area (Å²) < 4.78 is 1.90. The molecule has 0 bridgehead atoms. The molecule has 0 saturated carbocycles. The van der Waals surface area contributed by atoms with Gasteiger partial charge in [0.05, 0.1) is 4.91 Å². The van der Waals surface area contributed by atoms with Crippen LogP contribution >= 0.6 is 34.4 Å². The Hall–Kier alpha value is -2.12. The van der Waals surface area contributed by atoms with Crippen molar-refractivity contribution in [1.29, 1.82) is 0 Å². The molecule has 0 aliphatic carbocycles. The molecule has 1 aliphatic rings. The van der Waals surface area contributed by atoms with Crippen LogP contribution in [0.5, 0.6) is 0 Å². The van der Waals surface area contributed by atoms with E-state index in [1.54, 1.807) is 6.08 Å². The molecule has 28 heavy (non-hydrogen) atoms. The number of aryl methyl sites for hydroxylation is 1. The van der Waals surface area contributed by atoms with Gasteiger partial charge in [-0.2, -0.15) is 0 Å². The van der Waals surface area contributed by atoms with Crippen molar-refractivity contribution in [2.75, 3.05) is 0 Å². The molecule has 3 nitrogen and oxygen atoms in total. The van der Waals surface area contributed by atoms with E-state index >= 15 is 0 Å². The number of hydrogen-bond acceptors (Lipinski definition) is 3. The number of imide groups is 1. The zero-order valence-electron chi connectivity index (χ0n) is 15.2. The maximum atomic E-state index is 11.6. The molecule has 0 spiro atoms. The van der Waals surface area contributed by atoms with Crippen molar-refractivity contribution in [2.24, 2.45) is 0 Å². The molecule has 1 aliphatic heterocycles. The highest BCUT2D eigenvalue weighted by Crippen LogP contribution is 2.25. The molecular weight excluding hydrogens is 481 g/mol. The highest BCUT2D eigenvalue weighted by molar-refractivity contribution is 14.1. The van der Waals surface area contributed by atoms with Crippen LogP contribution in [0.1, 0.15) is 18.4 Å². The van der Waals surface area contributed by atoms with Gasteiger partial charge in [0.15, 0.2) is 0 Å². The van der Waals surface area contributed by atoms with Crippen LogP contribution in [-0.4, -0.2) is 11.1 Å². The first-order valence-corrected chi connectivity index (χ1v) is 11.1. The van der Waals surface area contributed by atoms with Crippen LogP contribution in [0.4, 0.5) is 4.79 Å². The molecule has 2 aromatic rings. The number of benzene rings is 2. The van der Waals surface area contributed by atoms with E-state index in [4.69, 9.17) is 0 Å². The number of thioether (sulfide) groups is 1. The number of carbonyl (C=O) groups is 2. The highest BCUT2D eigenvalue weighted by Gasteiger charge is 2.24. The Kier molecular flexibility index (Phi) is 7.68. The molecule has 0 aromatic heterocycles. The summed E-state index contributed by atoms with van der Waals surface area (Å²) in [6, 6.07) is 19.1. The first-order chi connectivity index (χ1) is 13.7. The monoisotopic (exact) mass is 501 g/mol. The number of rotatable bonds is 7. The van der Waals surface area contributed by atoms with Gasteiger partial charge in [0.1, 0.15) is 0 Å². The lowest BCUT2D eigenvalue weighted by Crippen LogP contribution is -2.17. The first kappa shape index (κ1) is 20.6. The van der Waals surface area contributed by atoms with E-state index in [0.717, 1.165) is 36.6 Å². The largest absolute Gasteiger partial charge is 0.290 e. The predicted octanol–water partition coefficient (Wildman–Crippen LogP) is 6.42. The lowest BCUT2D eigenvalue weighted by Gasteiger charge is -2.04. The molecule has 1 heterocycles. The number of allylic oxidation sites excluding steroid dienone is 4. The van der Waals surface area contributed by atoms with Crippen molar-refractivity contribution in [3.8, 4) is 11.1 Å². The fourth-order valence-corrected chi connectivity index (χ4v) is 3.90. The first-order valence-electron chi connectivity index (χ1n) is 9.02. The summed E-state index contributed by atoms with van der Waals surface area (Å²) in [5, 5.41) is 1.95. The second-order valence-corrected chi connectivity index (χ2v) is 7.96. The Labute approximate surface area is 183 Å². The van der Waals surface area contributed by atoms with Gasteiger partial charge >= 0.3 is 0 Å². The summed E-state index contributed by atoms with van der Waals surface area (Å²) in [7, 11) is 0. The number of unbranched alkanes of at least 4 members (excludes halogenated alkanes) is 1. The quantitative estimate of drug-likeness (QED) is 0.206. The Balaban J connectivity index is 1.48. The predicted molar refractivity (Wildman–Crippen MR) is 125 cm³/mol. The van der Waals surface area contributed by atoms with Gasteiger partial charge in [0.25, 0.3) is 11.1 Å². The van der Waals surface area contributed by atoms with Gasteiger partial charge < -0.3 is 0 Å². The molecule has 0 atom stereocenters. The lowest BCUT2D eigenvalue weighted by molar-refractivity contribution is -0.115. The van der Waals surface area contributed by atoms with E-state index in [2.05, 4.69) is 82.5 Å². The van der Waals surface area contributed by atoms with Crippen LogP contribution in [0.15, 0.2) is 87.4 Å². The average molecular weight is 501 g/mol. The normalized spacial score (nSPS) is 16.2. The Morgan fingerprint density at radius 1 is 1.00 bits per heavy atom. The minimum atomic E-state index is -0.321. The summed E-state index contributed by atoms with van der Waals surface area (Å²) in [6.45, 7) is 0. The van der Waals surface area contributed by atoms with E-state index in [-0.39, 0.29) is 11.1 Å². The molecule has 0 radical (unpaired) electrons. The van der Waals surface area contributed by atoms with Crippen molar-refractivity contribution < 1.29 is 9.59 Å². The topological polar surface area (TPSA) is 46.2 Å². The van der Waals surface area contributed by atoms with Crippen molar-refractivity contribution in [2.45, 2.75) is 19.3 Å². The van der Waals surface area contributed by atoms with E-state index in [0.29, 0.717) is 4.91 Å². The van der Waals surface area contributed by atoms with Gasteiger partial charge in [-0.05, 0) is 63.4 Å². The number of amides is 2. The van der Waals surface area contributed by atoms with Gasteiger partial charge in [-0.25, -0.2) is 0 Å². The maximum absolute atomic E-state index is 11.6. The third kappa shape index (κ3) is 5.94. The van der Waals surface area contributed by atoms with Crippen molar-refractivity contribution in [1.82, 2.24) is 5.32 Å². The molecule has 1 fully saturated rings. The molecule has 3 rings (SSSR count). The third-order valence-electron chi connectivity index (χ3n) is 4.27. The second kappa shape index (κ2) is 10.4. The van der Waals surface area contributed by atoms with Crippen LogP contribution in [-0.2, 0) is 11.2 Å². The van der Waals surface area contributed by atoms with Gasteiger partial charge in [0, 0.05) is 0 Å². The molecule has 2 amide bonds. The van der Waals surface area contributed by atoms with Crippen molar-refractivity contribution in [3.05, 3.63) is 92.9 Å². The van der Waals surface area contributed by atoms with Crippen LogP contribution in [0.3, 0.4) is 0 Å². The highest BCUT2D eigenvalue weighted by atomic mass is 127.